The van der Waals surface area contributed by atoms with E-state index in [1.807, 2.05) is 18.9 Å². The largest absolute Gasteiger partial charge is 0.383 e. The van der Waals surface area contributed by atoms with Gasteiger partial charge in [-0.1, -0.05) is 79.7 Å². The Balaban J connectivity index is 1.75. The van der Waals surface area contributed by atoms with Crippen LogP contribution in [0.5, 0.6) is 0 Å². The molecule has 3 atom stereocenters. The molecular weight excluding hydrogens is 443 g/mol. The summed E-state index contributed by atoms with van der Waals surface area (Å²) in [6, 6.07) is 23.4. The molecule has 0 aromatic heterocycles. The van der Waals surface area contributed by atoms with Gasteiger partial charge in [0.2, 0.25) is 0 Å². The van der Waals surface area contributed by atoms with Crippen LogP contribution in [0.15, 0.2) is 83.3 Å². The molecule has 2 aliphatic rings. The van der Waals surface area contributed by atoms with Crippen LogP contribution in [0.3, 0.4) is 0 Å². The Kier molecular flexibility index (Phi) is 9.23. The Morgan fingerprint density at radius 1 is 1.09 bits per heavy atom. The molecule has 1 saturated heterocycles. The molecule has 5 heteroatoms. The third kappa shape index (κ3) is 5.81. The summed E-state index contributed by atoms with van der Waals surface area (Å²) in [5, 5.41) is 5.58. The number of quaternary nitrogens is 1. The van der Waals surface area contributed by atoms with Crippen LogP contribution >= 0.6 is 19.7 Å². The SMILES string of the molecule is CCC(C([NH2+]N1CCCC1COC)C1=C(SC)C=CC1)P(c1ccccc1)c1ccccc1. The average molecular weight is 482 g/mol. The number of benzene rings is 2. The van der Waals surface area contributed by atoms with Crippen LogP contribution in [-0.4, -0.2) is 49.3 Å². The van der Waals surface area contributed by atoms with Gasteiger partial charge in [0, 0.05) is 29.8 Å². The maximum absolute atomic E-state index is 5.59. The van der Waals surface area contributed by atoms with Crippen molar-refractivity contribution in [1.29, 1.82) is 0 Å². The maximum Gasteiger partial charge on any atom is 0.134 e. The first-order valence-electron chi connectivity index (χ1n) is 12.2. The lowest BCUT2D eigenvalue weighted by Crippen LogP contribution is -3.01. The van der Waals surface area contributed by atoms with Gasteiger partial charge < -0.3 is 4.74 Å². The first-order chi connectivity index (χ1) is 16.3. The van der Waals surface area contributed by atoms with E-state index in [9.17, 15) is 0 Å². The summed E-state index contributed by atoms with van der Waals surface area (Å²) < 4.78 is 5.59. The van der Waals surface area contributed by atoms with Crippen LogP contribution in [0.25, 0.3) is 0 Å². The second-order valence-corrected chi connectivity index (χ2v) is 12.2. The molecule has 0 bridgehead atoms. The Morgan fingerprint density at radius 3 is 2.33 bits per heavy atom. The highest BCUT2D eigenvalue weighted by Gasteiger charge is 2.40. The van der Waals surface area contributed by atoms with E-state index in [1.165, 1.54) is 28.4 Å². The van der Waals surface area contributed by atoms with Gasteiger partial charge in [-0.3, -0.25) is 5.43 Å². The van der Waals surface area contributed by atoms with Gasteiger partial charge >= 0.3 is 0 Å². The molecule has 2 N–H and O–H groups in total. The van der Waals surface area contributed by atoms with Gasteiger partial charge in [-0.2, -0.15) is 5.01 Å². The van der Waals surface area contributed by atoms with Gasteiger partial charge in [-0.25, -0.2) is 0 Å². The first kappa shape index (κ1) is 24.7. The van der Waals surface area contributed by atoms with Crippen molar-refractivity contribution in [1.82, 2.24) is 5.01 Å². The zero-order valence-electron chi connectivity index (χ0n) is 20.2. The second-order valence-electron chi connectivity index (χ2n) is 8.88. The number of methoxy groups -OCH3 is 1. The number of thioether (sulfide) groups is 1. The monoisotopic (exact) mass is 481 g/mol. The summed E-state index contributed by atoms with van der Waals surface area (Å²) >= 11 is 1.91. The predicted octanol–water partition coefficient (Wildman–Crippen LogP) is 4.43. The van der Waals surface area contributed by atoms with Gasteiger partial charge in [0.1, 0.15) is 6.04 Å². The van der Waals surface area contributed by atoms with E-state index in [2.05, 4.69) is 96.4 Å². The lowest BCUT2D eigenvalue weighted by Gasteiger charge is -2.36. The van der Waals surface area contributed by atoms with Crippen molar-refractivity contribution in [2.75, 3.05) is 26.5 Å². The lowest BCUT2D eigenvalue weighted by molar-refractivity contribution is -0.827. The fourth-order valence-corrected chi connectivity index (χ4v) is 9.07. The number of allylic oxidation sites excluding steroid dienone is 2. The summed E-state index contributed by atoms with van der Waals surface area (Å²) in [7, 11) is 1.34. The van der Waals surface area contributed by atoms with Crippen LogP contribution in [0.2, 0.25) is 0 Å². The minimum absolute atomic E-state index is 0.427. The molecule has 2 aromatic carbocycles. The van der Waals surface area contributed by atoms with Crippen LogP contribution in [-0.2, 0) is 4.74 Å². The Hall–Kier alpha value is -1.42. The number of hydrogen-bond acceptors (Lipinski definition) is 3. The fraction of sp³-hybridized carbons (Fsp3) is 0.429. The number of rotatable bonds is 11. The van der Waals surface area contributed by atoms with Crippen molar-refractivity contribution in [2.45, 2.75) is 50.3 Å². The summed E-state index contributed by atoms with van der Waals surface area (Å²) in [6.45, 7) is 4.36. The first-order valence-corrected chi connectivity index (χ1v) is 14.8. The number of hydrogen-bond donors (Lipinski definition) is 1. The maximum atomic E-state index is 5.59. The van der Waals surface area contributed by atoms with Crippen molar-refractivity contribution in [3.63, 3.8) is 0 Å². The smallest absolute Gasteiger partial charge is 0.134 e. The van der Waals surface area contributed by atoms with Gasteiger partial charge in [-0.15, -0.1) is 11.8 Å². The molecule has 1 aliphatic carbocycles. The van der Waals surface area contributed by atoms with Gasteiger partial charge in [0.15, 0.2) is 0 Å². The standard InChI is InChI=1S/C28H37N2OPS/c1-4-26(32(23-14-7-5-8-15-23)24-16-9-6-10-17-24)28(25-18-11-19-27(25)33-3)29-30-20-12-13-22(30)21-31-2/h5-11,14-17,19,22,26,28-29H,4,12-13,18,20-21H2,1-3H3/p+1. The normalized spacial score (nSPS) is 20.7. The number of nitrogens with two attached hydrogens (primary N) is 1. The Morgan fingerprint density at radius 2 is 1.76 bits per heavy atom. The van der Waals surface area contributed by atoms with Gasteiger partial charge in [0.05, 0.1) is 12.6 Å². The minimum Gasteiger partial charge on any atom is -0.383 e. The zero-order chi connectivity index (χ0) is 23.0. The van der Waals surface area contributed by atoms with E-state index in [4.69, 9.17) is 4.74 Å². The minimum atomic E-state index is -0.497. The fourth-order valence-electron chi connectivity index (χ4n) is 5.36. The van der Waals surface area contributed by atoms with Gasteiger partial charge in [-0.05, 0) is 50.5 Å². The van der Waals surface area contributed by atoms with E-state index in [0.717, 1.165) is 26.0 Å². The Bertz CT molecular complexity index is 894. The molecule has 0 radical (unpaired) electrons. The second kappa shape index (κ2) is 12.3. The third-order valence-electron chi connectivity index (χ3n) is 6.91. The molecule has 1 fully saturated rings. The molecule has 1 aliphatic heterocycles. The van der Waals surface area contributed by atoms with Crippen LogP contribution in [0.4, 0.5) is 0 Å². The molecule has 0 spiro atoms. The summed E-state index contributed by atoms with van der Waals surface area (Å²) in [5.41, 5.74) is 4.77. The molecule has 3 nitrogen and oxygen atoms in total. The lowest BCUT2D eigenvalue weighted by atomic mass is 10.0. The summed E-state index contributed by atoms with van der Waals surface area (Å²) in [4.78, 5) is 1.47. The molecule has 33 heavy (non-hydrogen) atoms. The summed E-state index contributed by atoms with van der Waals surface area (Å²) in [5.74, 6) is 0. The molecule has 2 aromatic rings. The van der Waals surface area contributed by atoms with Crippen LogP contribution in [0.1, 0.15) is 32.6 Å². The molecule has 0 amide bonds. The van der Waals surface area contributed by atoms with Crippen molar-refractivity contribution >= 4 is 30.3 Å². The van der Waals surface area contributed by atoms with E-state index < -0.39 is 7.92 Å². The van der Waals surface area contributed by atoms with Crippen molar-refractivity contribution in [3.8, 4) is 0 Å². The molecule has 3 unspecified atom stereocenters. The van der Waals surface area contributed by atoms with E-state index in [0.29, 0.717) is 17.7 Å². The van der Waals surface area contributed by atoms with Crippen molar-refractivity contribution in [2.24, 2.45) is 0 Å². The third-order valence-corrected chi connectivity index (χ3v) is 10.8. The van der Waals surface area contributed by atoms with Crippen LogP contribution < -0.4 is 16.0 Å². The Labute approximate surface area is 205 Å². The molecule has 1 heterocycles. The quantitative estimate of drug-likeness (QED) is 0.380. The van der Waals surface area contributed by atoms with E-state index in [1.54, 1.807) is 5.57 Å². The molecule has 4 rings (SSSR count). The zero-order valence-corrected chi connectivity index (χ0v) is 21.9. The molecule has 0 saturated carbocycles. The summed E-state index contributed by atoms with van der Waals surface area (Å²) in [6.07, 6.45) is 11.6. The van der Waals surface area contributed by atoms with E-state index in [-0.39, 0.29) is 0 Å². The molecule has 176 valence electrons. The average Bonchev–Trinajstić information content (AvgIpc) is 3.52. The highest BCUT2D eigenvalue weighted by Crippen LogP contribution is 2.45. The molecular formula is C28H38N2OPS+. The van der Waals surface area contributed by atoms with Crippen LogP contribution in [0, 0.1) is 0 Å². The topological polar surface area (TPSA) is 29.1 Å². The van der Waals surface area contributed by atoms with Crippen molar-refractivity contribution < 1.29 is 10.2 Å². The van der Waals surface area contributed by atoms with E-state index >= 15 is 0 Å². The van der Waals surface area contributed by atoms with Crippen molar-refractivity contribution in [3.05, 3.63) is 83.3 Å². The highest BCUT2D eigenvalue weighted by atomic mass is 32.2. The number of nitrogens with zero attached hydrogens (tertiary/aromatic N) is 1. The van der Waals surface area contributed by atoms with Gasteiger partial charge in [0.25, 0.3) is 0 Å². The highest BCUT2D eigenvalue weighted by molar-refractivity contribution is 8.02. The number of ether oxygens (including phenoxy) is 1. The predicted molar refractivity (Wildman–Crippen MR) is 145 cm³/mol.